The summed E-state index contributed by atoms with van der Waals surface area (Å²) in [6.07, 6.45) is 1.20. The van der Waals surface area contributed by atoms with Gasteiger partial charge in [-0.3, -0.25) is 9.69 Å². The van der Waals surface area contributed by atoms with Crippen molar-refractivity contribution in [1.82, 2.24) is 15.1 Å². The molecule has 0 spiro atoms. The van der Waals surface area contributed by atoms with Gasteiger partial charge in [0.2, 0.25) is 5.91 Å². The Morgan fingerprint density at radius 2 is 1.79 bits per heavy atom. The van der Waals surface area contributed by atoms with Crippen LogP contribution in [0.3, 0.4) is 0 Å². The summed E-state index contributed by atoms with van der Waals surface area (Å²) in [5.74, 6) is 1.36. The van der Waals surface area contributed by atoms with Crippen molar-refractivity contribution in [3.8, 4) is 11.5 Å². The molecule has 0 radical (unpaired) electrons. The van der Waals surface area contributed by atoms with E-state index in [-0.39, 0.29) is 18.0 Å². The summed E-state index contributed by atoms with van der Waals surface area (Å²) in [6, 6.07) is 3.98. The second-order valence-corrected chi connectivity index (χ2v) is 7.33. The number of nitrogens with zero attached hydrogens (tertiary/aromatic N) is 2. The maximum Gasteiger partial charge on any atom is 0.409 e. The third kappa shape index (κ3) is 6.52. The predicted octanol–water partition coefficient (Wildman–Crippen LogP) is 2.18. The second kappa shape index (κ2) is 10.9. The van der Waals surface area contributed by atoms with Crippen LogP contribution in [-0.2, 0) is 16.1 Å². The van der Waals surface area contributed by atoms with E-state index >= 15 is 0 Å². The summed E-state index contributed by atoms with van der Waals surface area (Å²) in [5, 5.41) is 3.08. The highest BCUT2D eigenvalue weighted by atomic mass is 16.6. The summed E-state index contributed by atoms with van der Waals surface area (Å²) < 4.78 is 15.7. The molecule has 8 nitrogen and oxygen atoms in total. The summed E-state index contributed by atoms with van der Waals surface area (Å²) >= 11 is 0. The van der Waals surface area contributed by atoms with Gasteiger partial charge in [-0.2, -0.15) is 0 Å². The van der Waals surface area contributed by atoms with Crippen molar-refractivity contribution < 1.29 is 23.8 Å². The Bertz CT molecular complexity index is 702. The Labute approximate surface area is 173 Å². The SMILES string of the molecule is CCOC(=O)N1CCC(NC(=O)CN(C)Cc2cc(OC)c(OC)cc2C)CC1. The van der Waals surface area contributed by atoms with Crippen molar-refractivity contribution in [2.24, 2.45) is 0 Å². The Hall–Kier alpha value is -2.48. The van der Waals surface area contributed by atoms with Crippen LogP contribution in [-0.4, -0.2) is 75.4 Å². The van der Waals surface area contributed by atoms with Gasteiger partial charge < -0.3 is 24.4 Å². The van der Waals surface area contributed by atoms with Gasteiger partial charge in [0.1, 0.15) is 0 Å². The Morgan fingerprint density at radius 1 is 1.17 bits per heavy atom. The molecule has 0 atom stereocenters. The average Bonchev–Trinajstić information content (AvgIpc) is 2.69. The van der Waals surface area contributed by atoms with Crippen molar-refractivity contribution in [1.29, 1.82) is 0 Å². The third-order valence-electron chi connectivity index (χ3n) is 5.08. The van der Waals surface area contributed by atoms with E-state index in [1.807, 2.05) is 31.0 Å². The van der Waals surface area contributed by atoms with Crippen molar-refractivity contribution in [3.63, 3.8) is 0 Å². The molecule has 1 aliphatic heterocycles. The van der Waals surface area contributed by atoms with Crippen molar-refractivity contribution in [3.05, 3.63) is 23.3 Å². The van der Waals surface area contributed by atoms with Gasteiger partial charge in [-0.05, 0) is 57.0 Å². The number of aryl methyl sites for hydroxylation is 1. The van der Waals surface area contributed by atoms with E-state index in [4.69, 9.17) is 14.2 Å². The Morgan fingerprint density at radius 3 is 2.38 bits per heavy atom. The van der Waals surface area contributed by atoms with E-state index in [1.54, 1.807) is 26.0 Å². The molecule has 29 heavy (non-hydrogen) atoms. The highest BCUT2D eigenvalue weighted by Crippen LogP contribution is 2.30. The van der Waals surface area contributed by atoms with E-state index in [1.165, 1.54) is 0 Å². The number of benzene rings is 1. The zero-order valence-electron chi connectivity index (χ0n) is 18.1. The number of likely N-dealkylation sites (tertiary alicyclic amines) is 1. The normalized spacial score (nSPS) is 14.6. The molecule has 1 aromatic rings. The minimum atomic E-state index is -0.276. The van der Waals surface area contributed by atoms with Crippen LogP contribution in [0.1, 0.15) is 30.9 Å². The fourth-order valence-corrected chi connectivity index (χ4v) is 3.48. The van der Waals surface area contributed by atoms with Gasteiger partial charge in [0, 0.05) is 25.7 Å². The second-order valence-electron chi connectivity index (χ2n) is 7.33. The number of carbonyl (C=O) groups is 2. The van der Waals surface area contributed by atoms with E-state index in [0.717, 1.165) is 24.0 Å². The van der Waals surface area contributed by atoms with Gasteiger partial charge >= 0.3 is 6.09 Å². The lowest BCUT2D eigenvalue weighted by Crippen LogP contribution is -2.48. The van der Waals surface area contributed by atoms with Crippen LogP contribution in [0.5, 0.6) is 11.5 Å². The number of likely N-dealkylation sites (N-methyl/N-ethyl adjacent to an activating group) is 1. The maximum absolute atomic E-state index is 12.4. The molecule has 8 heteroatoms. The number of carbonyl (C=O) groups excluding carboxylic acids is 2. The zero-order chi connectivity index (χ0) is 21.4. The summed E-state index contributed by atoms with van der Waals surface area (Å²) in [7, 11) is 5.14. The molecule has 2 amide bonds. The summed E-state index contributed by atoms with van der Waals surface area (Å²) in [5.41, 5.74) is 2.17. The molecule has 1 saturated heterocycles. The topological polar surface area (TPSA) is 80.3 Å². The average molecular weight is 408 g/mol. The minimum Gasteiger partial charge on any atom is -0.493 e. The minimum absolute atomic E-state index is 0.0137. The molecule has 2 rings (SSSR count). The van der Waals surface area contributed by atoms with E-state index < -0.39 is 0 Å². The van der Waals surface area contributed by atoms with Crippen LogP contribution < -0.4 is 14.8 Å². The number of rotatable bonds is 8. The quantitative estimate of drug-likeness (QED) is 0.712. The van der Waals surface area contributed by atoms with Gasteiger partial charge in [-0.1, -0.05) is 0 Å². The molecule has 0 aromatic heterocycles. The molecule has 1 heterocycles. The highest BCUT2D eigenvalue weighted by molar-refractivity contribution is 5.78. The molecule has 1 aromatic carbocycles. The molecular formula is C21H33N3O5. The van der Waals surface area contributed by atoms with Gasteiger partial charge in [-0.15, -0.1) is 0 Å². The van der Waals surface area contributed by atoms with Crippen LogP contribution in [0.4, 0.5) is 4.79 Å². The maximum atomic E-state index is 12.4. The number of piperidine rings is 1. The lowest BCUT2D eigenvalue weighted by atomic mass is 10.1. The fourth-order valence-electron chi connectivity index (χ4n) is 3.48. The van der Waals surface area contributed by atoms with Gasteiger partial charge in [0.05, 0.1) is 27.4 Å². The predicted molar refractivity (Wildman–Crippen MR) is 110 cm³/mol. The first-order chi connectivity index (χ1) is 13.9. The number of ether oxygens (including phenoxy) is 3. The zero-order valence-corrected chi connectivity index (χ0v) is 18.1. The Kier molecular flexibility index (Phi) is 8.57. The first-order valence-electron chi connectivity index (χ1n) is 9.99. The van der Waals surface area contributed by atoms with E-state index in [2.05, 4.69) is 5.32 Å². The number of hydrogen-bond donors (Lipinski definition) is 1. The first-order valence-corrected chi connectivity index (χ1v) is 9.99. The molecule has 0 saturated carbocycles. The molecule has 1 aliphatic rings. The number of nitrogens with one attached hydrogen (secondary N) is 1. The lowest BCUT2D eigenvalue weighted by Gasteiger charge is -2.32. The Balaban J connectivity index is 1.82. The number of amides is 2. The standard InChI is InChI=1S/C21H33N3O5/c1-6-29-21(26)24-9-7-17(8-10-24)22-20(25)14-23(3)13-16-12-19(28-5)18(27-4)11-15(16)2/h11-12,17H,6-10,13-14H2,1-5H3,(H,22,25). The molecule has 0 unspecified atom stereocenters. The highest BCUT2D eigenvalue weighted by Gasteiger charge is 2.24. The van der Waals surface area contributed by atoms with Gasteiger partial charge in [0.25, 0.3) is 0 Å². The third-order valence-corrected chi connectivity index (χ3v) is 5.08. The summed E-state index contributed by atoms with van der Waals surface area (Å²) in [6.45, 7) is 6.32. The van der Waals surface area contributed by atoms with Gasteiger partial charge in [-0.25, -0.2) is 4.79 Å². The summed E-state index contributed by atoms with van der Waals surface area (Å²) in [4.78, 5) is 27.9. The van der Waals surface area contributed by atoms with Crippen LogP contribution in [0, 0.1) is 6.92 Å². The molecule has 1 fully saturated rings. The van der Waals surface area contributed by atoms with E-state index in [0.29, 0.717) is 44.3 Å². The van der Waals surface area contributed by atoms with Crippen LogP contribution >= 0.6 is 0 Å². The van der Waals surface area contributed by atoms with Crippen LogP contribution in [0.15, 0.2) is 12.1 Å². The van der Waals surface area contributed by atoms with Crippen molar-refractivity contribution in [2.75, 3.05) is 47.5 Å². The van der Waals surface area contributed by atoms with E-state index in [9.17, 15) is 9.59 Å². The smallest absolute Gasteiger partial charge is 0.409 e. The van der Waals surface area contributed by atoms with Crippen molar-refractivity contribution in [2.45, 2.75) is 39.3 Å². The van der Waals surface area contributed by atoms with Gasteiger partial charge in [0.15, 0.2) is 11.5 Å². The molecule has 1 N–H and O–H groups in total. The molecular weight excluding hydrogens is 374 g/mol. The lowest BCUT2D eigenvalue weighted by molar-refractivity contribution is -0.123. The fraction of sp³-hybridized carbons (Fsp3) is 0.619. The number of hydrogen-bond acceptors (Lipinski definition) is 6. The number of methoxy groups -OCH3 is 2. The largest absolute Gasteiger partial charge is 0.493 e. The van der Waals surface area contributed by atoms with Crippen LogP contribution in [0.2, 0.25) is 0 Å². The van der Waals surface area contributed by atoms with Crippen molar-refractivity contribution >= 4 is 12.0 Å². The monoisotopic (exact) mass is 407 g/mol. The molecule has 0 aliphatic carbocycles. The molecule has 162 valence electrons. The molecule has 0 bridgehead atoms. The van der Waals surface area contributed by atoms with Crippen LogP contribution in [0.25, 0.3) is 0 Å². The first kappa shape index (κ1) is 22.8.